The molecule has 0 unspecified atom stereocenters. The number of nitrogens with zero attached hydrogens (tertiary/aromatic N) is 1. The smallest absolute Gasteiger partial charge is 0.254 e. The Labute approximate surface area is 239 Å². The van der Waals surface area contributed by atoms with Gasteiger partial charge in [0, 0.05) is 22.3 Å². The molecule has 4 aromatic rings. The number of rotatable bonds is 7. The van der Waals surface area contributed by atoms with E-state index in [1.807, 2.05) is 84.9 Å². The summed E-state index contributed by atoms with van der Waals surface area (Å²) >= 11 is 0. The molecule has 41 heavy (non-hydrogen) atoms. The molecular weight excluding hydrogens is 510 g/mol. The zero-order chi connectivity index (χ0) is 28.6. The Bertz CT molecular complexity index is 1570. The summed E-state index contributed by atoms with van der Waals surface area (Å²) in [6.45, 7) is 0.438. The first-order valence-electron chi connectivity index (χ1n) is 13.3. The van der Waals surface area contributed by atoms with Crippen molar-refractivity contribution in [3.05, 3.63) is 154 Å². The lowest BCUT2D eigenvalue weighted by atomic mass is 9.93. The summed E-state index contributed by atoms with van der Waals surface area (Å²) in [5.74, 6) is 0.347. The maximum Gasteiger partial charge on any atom is 0.254 e. The van der Waals surface area contributed by atoms with Gasteiger partial charge in [-0.25, -0.2) is 0 Å². The summed E-state index contributed by atoms with van der Waals surface area (Å²) in [6, 6.07) is 33.3. The molecule has 0 aliphatic carbocycles. The molecule has 202 valence electrons. The molecule has 0 atom stereocenters. The number of allylic oxidation sites excluding steroid dienone is 1. The second kappa shape index (κ2) is 12.7. The SMILES string of the molecule is COc1ccc(C(=O)/C=C/c2ccc(C(=O)N3C/C(=C\c4ccccc4)C(=O)/C(=C/c4ccccc4)C3)cc2)cc1. The summed E-state index contributed by atoms with van der Waals surface area (Å²) in [7, 11) is 1.58. The van der Waals surface area contributed by atoms with Crippen molar-refractivity contribution in [2.45, 2.75) is 0 Å². The maximum absolute atomic E-state index is 13.6. The summed E-state index contributed by atoms with van der Waals surface area (Å²) in [5.41, 5.74) is 4.81. The third-order valence-electron chi connectivity index (χ3n) is 6.83. The van der Waals surface area contributed by atoms with Gasteiger partial charge in [-0.15, -0.1) is 0 Å². The third-order valence-corrected chi connectivity index (χ3v) is 6.83. The second-order valence-electron chi connectivity index (χ2n) is 9.70. The van der Waals surface area contributed by atoms with Gasteiger partial charge >= 0.3 is 0 Å². The molecule has 5 heteroatoms. The summed E-state index contributed by atoms with van der Waals surface area (Å²) in [6.07, 6.45) is 6.95. The normalized spacial score (nSPS) is 15.4. The fraction of sp³-hybridized carbons (Fsp3) is 0.0833. The van der Waals surface area contributed by atoms with Crippen molar-refractivity contribution in [3.63, 3.8) is 0 Å². The molecule has 0 radical (unpaired) electrons. The molecule has 0 bridgehead atoms. The highest BCUT2D eigenvalue weighted by molar-refractivity contribution is 6.16. The number of Topliss-reactive ketones (excluding diaryl/α,β-unsaturated/α-hetero) is 1. The number of carbonyl (C=O) groups excluding carboxylic acids is 3. The molecule has 5 rings (SSSR count). The van der Waals surface area contributed by atoms with E-state index in [4.69, 9.17) is 4.74 Å². The zero-order valence-electron chi connectivity index (χ0n) is 22.7. The van der Waals surface area contributed by atoms with Gasteiger partial charge < -0.3 is 9.64 Å². The molecule has 1 saturated heterocycles. The number of amides is 1. The highest BCUT2D eigenvalue weighted by Crippen LogP contribution is 2.24. The first kappa shape index (κ1) is 27.3. The van der Waals surface area contributed by atoms with Crippen LogP contribution in [-0.4, -0.2) is 42.6 Å². The predicted octanol–water partition coefficient (Wildman–Crippen LogP) is 6.78. The van der Waals surface area contributed by atoms with Crippen LogP contribution in [0.2, 0.25) is 0 Å². The minimum atomic E-state index is -0.166. The van der Waals surface area contributed by atoms with E-state index in [1.54, 1.807) is 54.5 Å². The van der Waals surface area contributed by atoms with Gasteiger partial charge in [0.2, 0.25) is 0 Å². The van der Waals surface area contributed by atoms with Crippen LogP contribution in [0.4, 0.5) is 0 Å². The van der Waals surface area contributed by atoms with E-state index < -0.39 is 0 Å². The van der Waals surface area contributed by atoms with Crippen LogP contribution in [-0.2, 0) is 4.79 Å². The minimum Gasteiger partial charge on any atom is -0.497 e. The van der Waals surface area contributed by atoms with Crippen LogP contribution in [0.5, 0.6) is 5.75 Å². The summed E-state index contributed by atoms with van der Waals surface area (Å²) < 4.78 is 5.14. The highest BCUT2D eigenvalue weighted by Gasteiger charge is 2.29. The molecule has 1 amide bonds. The van der Waals surface area contributed by atoms with Gasteiger partial charge in [-0.2, -0.15) is 0 Å². The number of piperidine rings is 1. The Kier molecular flexibility index (Phi) is 8.46. The molecule has 1 aliphatic heterocycles. The van der Waals surface area contributed by atoms with Crippen molar-refractivity contribution in [1.82, 2.24) is 4.90 Å². The van der Waals surface area contributed by atoms with Crippen LogP contribution in [0.15, 0.2) is 126 Å². The molecule has 0 saturated carbocycles. The number of likely N-dealkylation sites (tertiary alicyclic amines) is 1. The molecule has 0 N–H and O–H groups in total. The lowest BCUT2D eigenvalue weighted by molar-refractivity contribution is -0.113. The van der Waals surface area contributed by atoms with Crippen molar-refractivity contribution < 1.29 is 19.1 Å². The molecule has 1 heterocycles. The van der Waals surface area contributed by atoms with Gasteiger partial charge in [-0.3, -0.25) is 14.4 Å². The number of carbonyl (C=O) groups is 3. The number of hydrogen-bond donors (Lipinski definition) is 0. The summed E-state index contributed by atoms with van der Waals surface area (Å²) in [4.78, 5) is 41.2. The molecule has 4 aromatic carbocycles. The van der Waals surface area contributed by atoms with E-state index in [1.165, 1.54) is 6.08 Å². The van der Waals surface area contributed by atoms with Gasteiger partial charge in [-0.05, 0) is 71.3 Å². The molecule has 5 nitrogen and oxygen atoms in total. The predicted molar refractivity (Wildman–Crippen MR) is 163 cm³/mol. The monoisotopic (exact) mass is 539 g/mol. The number of ketones is 2. The van der Waals surface area contributed by atoms with Crippen molar-refractivity contribution in [2.75, 3.05) is 20.2 Å². The number of ether oxygens (including phenoxy) is 1. The molecular formula is C36H29NO4. The average molecular weight is 540 g/mol. The van der Waals surface area contributed by atoms with Crippen LogP contribution in [0.1, 0.15) is 37.4 Å². The quantitative estimate of drug-likeness (QED) is 0.192. The first-order chi connectivity index (χ1) is 20.0. The van der Waals surface area contributed by atoms with Crippen molar-refractivity contribution >= 4 is 35.7 Å². The van der Waals surface area contributed by atoms with Crippen LogP contribution >= 0.6 is 0 Å². The van der Waals surface area contributed by atoms with E-state index in [-0.39, 0.29) is 30.6 Å². The van der Waals surface area contributed by atoms with E-state index in [0.717, 1.165) is 16.7 Å². The Balaban J connectivity index is 1.35. The maximum atomic E-state index is 13.6. The fourth-order valence-corrected chi connectivity index (χ4v) is 4.63. The van der Waals surface area contributed by atoms with E-state index >= 15 is 0 Å². The Morgan fingerprint density at radius 1 is 0.659 bits per heavy atom. The van der Waals surface area contributed by atoms with Gasteiger partial charge in [0.15, 0.2) is 11.6 Å². The van der Waals surface area contributed by atoms with Crippen LogP contribution < -0.4 is 4.74 Å². The van der Waals surface area contributed by atoms with Crippen molar-refractivity contribution in [2.24, 2.45) is 0 Å². The first-order valence-corrected chi connectivity index (χ1v) is 13.3. The molecule has 1 fully saturated rings. The minimum absolute atomic E-state index is 0.0521. The van der Waals surface area contributed by atoms with Crippen molar-refractivity contribution in [1.29, 1.82) is 0 Å². The van der Waals surface area contributed by atoms with Gasteiger partial charge in [0.25, 0.3) is 5.91 Å². The summed E-state index contributed by atoms with van der Waals surface area (Å²) in [5, 5.41) is 0. The van der Waals surface area contributed by atoms with Gasteiger partial charge in [0.05, 0.1) is 20.2 Å². The Hall–Kier alpha value is -5.29. The molecule has 0 aromatic heterocycles. The lowest BCUT2D eigenvalue weighted by Crippen LogP contribution is -2.41. The molecule has 0 spiro atoms. The third kappa shape index (κ3) is 6.84. The van der Waals surface area contributed by atoms with E-state index in [2.05, 4.69) is 0 Å². The van der Waals surface area contributed by atoms with Gasteiger partial charge in [0.1, 0.15) is 5.75 Å². The largest absolute Gasteiger partial charge is 0.497 e. The highest BCUT2D eigenvalue weighted by atomic mass is 16.5. The van der Waals surface area contributed by atoms with E-state index in [0.29, 0.717) is 28.0 Å². The van der Waals surface area contributed by atoms with Crippen molar-refractivity contribution in [3.8, 4) is 5.75 Å². The Morgan fingerprint density at radius 2 is 1.17 bits per heavy atom. The lowest BCUT2D eigenvalue weighted by Gasteiger charge is -2.30. The van der Waals surface area contributed by atoms with Crippen LogP contribution in [0.3, 0.4) is 0 Å². The van der Waals surface area contributed by atoms with E-state index in [9.17, 15) is 14.4 Å². The second-order valence-corrected chi connectivity index (χ2v) is 9.70. The topological polar surface area (TPSA) is 63.7 Å². The average Bonchev–Trinajstić information content (AvgIpc) is 3.02. The number of benzene rings is 4. The van der Waals surface area contributed by atoms with Crippen LogP contribution in [0, 0.1) is 0 Å². The Morgan fingerprint density at radius 3 is 1.68 bits per heavy atom. The number of methoxy groups -OCH3 is 1. The van der Waals surface area contributed by atoms with Gasteiger partial charge in [-0.1, -0.05) is 78.9 Å². The molecule has 1 aliphatic rings. The number of hydrogen-bond acceptors (Lipinski definition) is 4. The standard InChI is InChI=1S/C36H29NO4/c1-41-33-19-17-29(18-20-33)34(38)21-14-26-12-15-30(16-13-26)36(40)37-24-31(22-27-8-4-2-5-9-27)35(39)32(25-37)23-28-10-6-3-7-11-28/h2-23H,24-25H2,1H3/b21-14+,31-22+,32-23+. The zero-order valence-corrected chi connectivity index (χ0v) is 22.7. The van der Waals surface area contributed by atoms with Crippen LogP contribution in [0.25, 0.3) is 18.2 Å². The fourth-order valence-electron chi connectivity index (χ4n) is 4.63.